The maximum atomic E-state index is 11.4. The van der Waals surface area contributed by atoms with E-state index >= 15 is 0 Å². The van der Waals surface area contributed by atoms with Crippen molar-refractivity contribution in [1.82, 2.24) is 9.97 Å². The Morgan fingerprint density at radius 2 is 1.94 bits per heavy atom. The van der Waals surface area contributed by atoms with Crippen LogP contribution in [0.15, 0.2) is 42.7 Å². The second kappa shape index (κ2) is 12.4. The molecule has 0 fully saturated rings. The number of rotatable bonds is 13. The lowest BCUT2D eigenvalue weighted by atomic mass is 10.1. The molecule has 0 saturated heterocycles. The maximum Gasteiger partial charge on any atom is 0.162 e. The number of aliphatic hydroxyl groups is 1. The smallest absolute Gasteiger partial charge is 0.162 e. The molecule has 3 rings (SSSR count). The number of anilines is 2. The van der Waals surface area contributed by atoms with Crippen LogP contribution in [0.4, 0.5) is 11.5 Å². The van der Waals surface area contributed by atoms with Crippen LogP contribution in [0, 0.1) is 12.3 Å². The molecule has 7 nitrogen and oxygen atoms in total. The first-order chi connectivity index (χ1) is 16.1. The monoisotopic (exact) mass is 447 g/mol. The number of ether oxygens (including phenoxy) is 2. The summed E-state index contributed by atoms with van der Waals surface area (Å²) in [7, 11) is 1.60. The average molecular weight is 448 g/mol. The van der Waals surface area contributed by atoms with Gasteiger partial charge in [0.1, 0.15) is 17.9 Å². The van der Waals surface area contributed by atoms with Gasteiger partial charge in [-0.25, -0.2) is 9.97 Å². The van der Waals surface area contributed by atoms with Gasteiger partial charge < -0.3 is 19.9 Å². The third kappa shape index (κ3) is 6.93. The number of carbonyl (C=O) groups excluding carboxylic acids is 1. The van der Waals surface area contributed by atoms with Crippen molar-refractivity contribution in [2.45, 2.75) is 38.5 Å². The van der Waals surface area contributed by atoms with Crippen molar-refractivity contribution < 1.29 is 19.4 Å². The Labute approximate surface area is 194 Å². The van der Waals surface area contributed by atoms with E-state index in [-0.39, 0.29) is 18.8 Å². The van der Waals surface area contributed by atoms with Crippen molar-refractivity contribution >= 4 is 28.2 Å². The Bertz CT molecular complexity index is 1120. The number of nitrogens with one attached hydrogen (secondary N) is 1. The van der Waals surface area contributed by atoms with Gasteiger partial charge in [-0.15, -0.1) is 6.42 Å². The van der Waals surface area contributed by atoms with Gasteiger partial charge in [0.15, 0.2) is 11.5 Å². The number of terminal acetylenes is 1. The third-order valence-corrected chi connectivity index (χ3v) is 5.21. The molecule has 0 unspecified atom stereocenters. The number of Topliss-reactive ketones (excluding diaryl/α,β-unsaturated/α-hetero) is 1. The van der Waals surface area contributed by atoms with E-state index in [0.29, 0.717) is 30.3 Å². The van der Waals surface area contributed by atoms with E-state index < -0.39 is 0 Å². The molecule has 33 heavy (non-hydrogen) atoms. The largest absolute Gasteiger partial charge is 0.493 e. The minimum absolute atomic E-state index is 0.0696. The number of benzene rings is 2. The zero-order valence-electron chi connectivity index (χ0n) is 18.8. The van der Waals surface area contributed by atoms with E-state index in [0.717, 1.165) is 47.8 Å². The van der Waals surface area contributed by atoms with Crippen LogP contribution >= 0.6 is 0 Å². The maximum absolute atomic E-state index is 11.4. The third-order valence-electron chi connectivity index (χ3n) is 5.21. The summed E-state index contributed by atoms with van der Waals surface area (Å²) in [6.07, 6.45) is 11.4. The first-order valence-corrected chi connectivity index (χ1v) is 11.1. The number of hydrogen-bond donors (Lipinski definition) is 2. The predicted molar refractivity (Wildman–Crippen MR) is 129 cm³/mol. The highest BCUT2D eigenvalue weighted by molar-refractivity contribution is 5.93. The van der Waals surface area contributed by atoms with Crippen molar-refractivity contribution in [3.05, 3.63) is 48.3 Å². The number of aliphatic hydroxyl groups excluding tert-OH is 1. The molecule has 0 bridgehead atoms. The van der Waals surface area contributed by atoms with E-state index in [1.807, 2.05) is 36.4 Å². The van der Waals surface area contributed by atoms with Gasteiger partial charge in [-0.3, -0.25) is 4.79 Å². The van der Waals surface area contributed by atoms with Gasteiger partial charge in [0.05, 0.1) is 19.2 Å². The SMILES string of the molecule is C#Cc1cccc(Nc2ncnc3cc(OC)c(OCCCCCCC(=O)CCO)cc23)c1. The van der Waals surface area contributed by atoms with Gasteiger partial charge in [-0.2, -0.15) is 0 Å². The lowest BCUT2D eigenvalue weighted by Crippen LogP contribution is -2.02. The van der Waals surface area contributed by atoms with E-state index in [2.05, 4.69) is 21.2 Å². The molecule has 0 aliphatic carbocycles. The lowest BCUT2D eigenvalue weighted by Gasteiger charge is -2.14. The number of ketones is 1. The number of carbonyl (C=O) groups is 1. The molecule has 2 aromatic carbocycles. The van der Waals surface area contributed by atoms with Crippen molar-refractivity contribution in [1.29, 1.82) is 0 Å². The van der Waals surface area contributed by atoms with E-state index in [4.69, 9.17) is 21.0 Å². The Balaban J connectivity index is 1.65. The van der Waals surface area contributed by atoms with Crippen molar-refractivity contribution in [2.75, 3.05) is 25.6 Å². The summed E-state index contributed by atoms with van der Waals surface area (Å²) in [6, 6.07) is 11.3. The highest BCUT2D eigenvalue weighted by atomic mass is 16.5. The van der Waals surface area contributed by atoms with E-state index in [1.165, 1.54) is 6.33 Å². The van der Waals surface area contributed by atoms with Crippen molar-refractivity contribution in [3.8, 4) is 23.8 Å². The number of aromatic nitrogens is 2. The molecule has 0 atom stereocenters. The number of fused-ring (bicyclic) bond motifs is 1. The summed E-state index contributed by atoms with van der Waals surface area (Å²) in [6.45, 7) is 0.465. The summed E-state index contributed by atoms with van der Waals surface area (Å²) in [5.74, 6) is 4.63. The van der Waals surface area contributed by atoms with Crippen molar-refractivity contribution in [3.63, 3.8) is 0 Å². The van der Waals surface area contributed by atoms with Crippen LogP contribution < -0.4 is 14.8 Å². The highest BCUT2D eigenvalue weighted by Crippen LogP contribution is 2.35. The van der Waals surface area contributed by atoms with Gasteiger partial charge in [0.25, 0.3) is 0 Å². The molecule has 2 N–H and O–H groups in total. The fraction of sp³-hybridized carbons (Fsp3) is 0.346. The standard InChI is InChI=1S/C26H29N3O4/c1-3-19-9-8-10-20(15-19)29-26-22-16-25(24(32-2)17-23(22)27-18-28-26)33-14-7-5-4-6-11-21(31)12-13-30/h1,8-10,15-18,30H,4-7,11-14H2,2H3,(H,27,28,29). The van der Waals surface area contributed by atoms with Crippen LogP contribution in [-0.2, 0) is 4.79 Å². The lowest BCUT2D eigenvalue weighted by molar-refractivity contribution is -0.119. The fourth-order valence-corrected chi connectivity index (χ4v) is 3.47. The second-order valence-corrected chi connectivity index (χ2v) is 7.62. The summed E-state index contributed by atoms with van der Waals surface area (Å²) in [5.41, 5.74) is 2.35. The molecule has 0 aliphatic rings. The zero-order valence-corrected chi connectivity index (χ0v) is 18.8. The molecule has 3 aromatic rings. The number of nitrogens with zero attached hydrogens (tertiary/aromatic N) is 2. The first kappa shape index (κ1) is 24.0. The number of unbranched alkanes of at least 4 members (excludes halogenated alkanes) is 3. The Morgan fingerprint density at radius 3 is 2.73 bits per heavy atom. The Hall–Kier alpha value is -3.63. The molecule has 0 spiro atoms. The van der Waals surface area contributed by atoms with Crippen LogP contribution in [0.5, 0.6) is 11.5 Å². The number of hydrogen-bond acceptors (Lipinski definition) is 7. The molecule has 1 aromatic heterocycles. The normalized spacial score (nSPS) is 10.6. The van der Waals surface area contributed by atoms with Gasteiger partial charge in [-0.05, 0) is 37.1 Å². The summed E-state index contributed by atoms with van der Waals surface area (Å²) in [5, 5.41) is 12.9. The molecule has 172 valence electrons. The van der Waals surface area contributed by atoms with E-state index in [9.17, 15) is 4.79 Å². The minimum Gasteiger partial charge on any atom is -0.493 e. The summed E-state index contributed by atoms with van der Waals surface area (Å²) in [4.78, 5) is 20.2. The molecular formula is C26H29N3O4. The quantitative estimate of drug-likeness (QED) is 0.291. The van der Waals surface area contributed by atoms with Gasteiger partial charge in [-0.1, -0.05) is 24.8 Å². The molecule has 0 amide bonds. The zero-order chi connectivity index (χ0) is 23.5. The molecule has 0 aliphatic heterocycles. The van der Waals surface area contributed by atoms with Gasteiger partial charge >= 0.3 is 0 Å². The first-order valence-electron chi connectivity index (χ1n) is 11.1. The molecule has 7 heteroatoms. The van der Waals surface area contributed by atoms with Gasteiger partial charge in [0, 0.05) is 42.2 Å². The molecular weight excluding hydrogens is 418 g/mol. The molecule has 0 saturated carbocycles. The van der Waals surface area contributed by atoms with Crippen molar-refractivity contribution in [2.24, 2.45) is 0 Å². The Morgan fingerprint density at radius 1 is 1.09 bits per heavy atom. The minimum atomic E-state index is -0.0696. The second-order valence-electron chi connectivity index (χ2n) is 7.62. The van der Waals surface area contributed by atoms with Crippen LogP contribution in [0.1, 0.15) is 44.1 Å². The number of methoxy groups -OCH3 is 1. The van der Waals surface area contributed by atoms with Gasteiger partial charge in [0.2, 0.25) is 0 Å². The van der Waals surface area contributed by atoms with E-state index in [1.54, 1.807) is 7.11 Å². The molecule has 0 radical (unpaired) electrons. The molecule has 1 heterocycles. The average Bonchev–Trinajstić information content (AvgIpc) is 2.83. The van der Waals surface area contributed by atoms with Crippen LogP contribution in [0.2, 0.25) is 0 Å². The predicted octanol–water partition coefficient (Wildman–Crippen LogP) is 4.64. The topological polar surface area (TPSA) is 93.6 Å². The van der Waals surface area contributed by atoms with Crippen LogP contribution in [0.25, 0.3) is 10.9 Å². The fourth-order valence-electron chi connectivity index (χ4n) is 3.47. The summed E-state index contributed by atoms with van der Waals surface area (Å²) < 4.78 is 11.5. The Kier molecular flexibility index (Phi) is 9.04. The highest BCUT2D eigenvalue weighted by Gasteiger charge is 2.12. The summed E-state index contributed by atoms with van der Waals surface area (Å²) >= 11 is 0. The van der Waals surface area contributed by atoms with Crippen LogP contribution in [0.3, 0.4) is 0 Å². The van der Waals surface area contributed by atoms with Crippen LogP contribution in [-0.4, -0.2) is 41.2 Å².